The molecule has 1 saturated heterocycles. The van der Waals surface area contributed by atoms with Crippen LogP contribution in [-0.4, -0.2) is 36.6 Å². The highest BCUT2D eigenvalue weighted by molar-refractivity contribution is 5.78. The summed E-state index contributed by atoms with van der Waals surface area (Å²) >= 11 is 0. The van der Waals surface area contributed by atoms with E-state index in [1.807, 2.05) is 6.92 Å². The molecule has 0 aromatic heterocycles. The van der Waals surface area contributed by atoms with E-state index in [-0.39, 0.29) is 0 Å². The monoisotopic (exact) mass is 301 g/mol. The summed E-state index contributed by atoms with van der Waals surface area (Å²) in [6, 6.07) is 8.79. The Morgan fingerprint density at radius 2 is 1.86 bits per heavy atom. The van der Waals surface area contributed by atoms with E-state index in [2.05, 4.69) is 29.2 Å². The zero-order valence-corrected chi connectivity index (χ0v) is 13.5. The molecular weight excluding hydrogens is 274 g/mol. The first-order valence-corrected chi connectivity index (χ1v) is 8.59. The normalized spacial score (nSPS) is 25.7. The minimum absolute atomic E-state index is 0.362. The molecule has 1 aliphatic carbocycles. The summed E-state index contributed by atoms with van der Waals surface area (Å²) in [6.45, 7) is 4.85. The van der Waals surface area contributed by atoms with Crippen LogP contribution in [0.2, 0.25) is 0 Å². The van der Waals surface area contributed by atoms with Crippen molar-refractivity contribution in [3.63, 3.8) is 0 Å². The van der Waals surface area contributed by atoms with E-state index in [1.54, 1.807) is 0 Å². The Hall–Kier alpha value is -1.71. The van der Waals surface area contributed by atoms with Gasteiger partial charge in [-0.25, -0.2) is 4.99 Å². The van der Waals surface area contributed by atoms with E-state index >= 15 is 0 Å². The van der Waals surface area contributed by atoms with Crippen LogP contribution >= 0.6 is 0 Å². The zero-order valence-electron chi connectivity index (χ0n) is 13.5. The number of hydrogen-bond acceptors (Lipinski definition) is 2. The predicted octanol–water partition coefficient (Wildman–Crippen LogP) is 3.13. The minimum atomic E-state index is 0.362. The fraction of sp³-hybridized carbons (Fsp3) is 0.611. The minimum Gasteiger partial charge on any atom is -0.494 e. The fourth-order valence-electron chi connectivity index (χ4n) is 3.21. The van der Waals surface area contributed by atoms with Crippen LogP contribution < -0.4 is 10.5 Å². The third-order valence-electron chi connectivity index (χ3n) is 4.60. The van der Waals surface area contributed by atoms with Crippen LogP contribution in [0.5, 0.6) is 5.75 Å². The lowest BCUT2D eigenvalue weighted by Crippen LogP contribution is -2.38. The van der Waals surface area contributed by atoms with Crippen molar-refractivity contribution in [2.75, 3.05) is 19.7 Å². The molecule has 1 aliphatic heterocycles. The Morgan fingerprint density at radius 1 is 1.18 bits per heavy atom. The number of guanidine groups is 1. The van der Waals surface area contributed by atoms with Crippen molar-refractivity contribution < 1.29 is 4.74 Å². The molecule has 0 spiro atoms. The molecule has 1 aromatic rings. The van der Waals surface area contributed by atoms with Crippen LogP contribution in [0, 0.1) is 0 Å². The van der Waals surface area contributed by atoms with E-state index < -0.39 is 0 Å². The molecule has 0 amide bonds. The Balaban J connectivity index is 1.57. The molecule has 3 rings (SSSR count). The van der Waals surface area contributed by atoms with Gasteiger partial charge in [-0.15, -0.1) is 0 Å². The van der Waals surface area contributed by atoms with Crippen molar-refractivity contribution in [1.82, 2.24) is 4.90 Å². The Labute approximate surface area is 133 Å². The van der Waals surface area contributed by atoms with Gasteiger partial charge in [-0.05, 0) is 43.9 Å². The number of hydrogen-bond donors (Lipinski definition) is 1. The van der Waals surface area contributed by atoms with Gasteiger partial charge >= 0.3 is 0 Å². The van der Waals surface area contributed by atoms with Gasteiger partial charge in [0.15, 0.2) is 5.96 Å². The quantitative estimate of drug-likeness (QED) is 0.686. The average molecular weight is 301 g/mol. The number of benzene rings is 1. The third-order valence-corrected chi connectivity index (χ3v) is 4.60. The highest BCUT2D eigenvalue weighted by atomic mass is 16.5. The molecule has 1 aromatic carbocycles. The summed E-state index contributed by atoms with van der Waals surface area (Å²) < 4.78 is 5.49. The maximum Gasteiger partial charge on any atom is 0.191 e. The van der Waals surface area contributed by atoms with Gasteiger partial charge in [-0.1, -0.05) is 25.0 Å². The molecular formula is C18H27N3O. The van der Waals surface area contributed by atoms with Crippen molar-refractivity contribution in [2.45, 2.75) is 51.0 Å². The van der Waals surface area contributed by atoms with Crippen LogP contribution in [0.15, 0.2) is 29.3 Å². The standard InChI is InChI=1S/C18H27N3O/c1-2-22-15-9-7-14(8-10-15)16-13-17(16)20-18(19)21-11-5-3-4-6-12-21/h7-10,16-17H,2-6,11-13H2,1H3,(H2,19,20)/t16-,17+/m0/s1. The molecule has 2 aliphatic rings. The van der Waals surface area contributed by atoms with Gasteiger partial charge < -0.3 is 15.4 Å². The van der Waals surface area contributed by atoms with E-state index in [9.17, 15) is 0 Å². The van der Waals surface area contributed by atoms with Gasteiger partial charge in [0.2, 0.25) is 0 Å². The van der Waals surface area contributed by atoms with Gasteiger partial charge in [0.05, 0.1) is 12.6 Å². The maximum absolute atomic E-state index is 6.22. The van der Waals surface area contributed by atoms with Crippen LogP contribution in [0.1, 0.15) is 50.5 Å². The lowest BCUT2D eigenvalue weighted by Gasteiger charge is -2.21. The van der Waals surface area contributed by atoms with Crippen molar-refractivity contribution in [3.8, 4) is 5.75 Å². The second kappa shape index (κ2) is 7.03. The fourth-order valence-corrected chi connectivity index (χ4v) is 3.21. The lowest BCUT2D eigenvalue weighted by atomic mass is 10.1. The van der Waals surface area contributed by atoms with Crippen molar-refractivity contribution in [2.24, 2.45) is 10.7 Å². The van der Waals surface area contributed by atoms with Gasteiger partial charge in [-0.3, -0.25) is 0 Å². The molecule has 2 fully saturated rings. The van der Waals surface area contributed by atoms with Crippen LogP contribution in [0.3, 0.4) is 0 Å². The van der Waals surface area contributed by atoms with E-state index in [0.717, 1.165) is 31.2 Å². The summed E-state index contributed by atoms with van der Waals surface area (Å²) in [5.41, 5.74) is 7.57. The molecule has 2 atom stereocenters. The third kappa shape index (κ3) is 3.73. The predicted molar refractivity (Wildman–Crippen MR) is 90.4 cm³/mol. The van der Waals surface area contributed by atoms with Gasteiger partial charge in [0.25, 0.3) is 0 Å². The topological polar surface area (TPSA) is 50.9 Å². The molecule has 2 N–H and O–H groups in total. The summed E-state index contributed by atoms with van der Waals surface area (Å²) in [4.78, 5) is 7.02. The number of nitrogens with zero attached hydrogens (tertiary/aromatic N) is 2. The van der Waals surface area contributed by atoms with Gasteiger partial charge in [0.1, 0.15) is 5.75 Å². The van der Waals surface area contributed by atoms with Crippen molar-refractivity contribution in [1.29, 1.82) is 0 Å². The number of ether oxygens (including phenoxy) is 1. The first-order chi connectivity index (χ1) is 10.8. The first-order valence-electron chi connectivity index (χ1n) is 8.59. The molecule has 0 bridgehead atoms. The molecule has 1 saturated carbocycles. The molecule has 4 heteroatoms. The molecule has 1 heterocycles. The number of rotatable bonds is 4. The molecule has 120 valence electrons. The molecule has 22 heavy (non-hydrogen) atoms. The smallest absolute Gasteiger partial charge is 0.191 e. The highest BCUT2D eigenvalue weighted by Crippen LogP contribution is 2.43. The van der Waals surface area contributed by atoms with E-state index in [4.69, 9.17) is 15.5 Å². The zero-order chi connectivity index (χ0) is 15.4. The molecule has 0 radical (unpaired) electrons. The number of nitrogens with two attached hydrogens (primary N) is 1. The second-order valence-corrected chi connectivity index (χ2v) is 6.30. The Bertz CT molecular complexity index is 504. The SMILES string of the molecule is CCOc1ccc([C@@H]2C[C@H]2N=C(N)N2CCCCCC2)cc1. The van der Waals surface area contributed by atoms with Crippen LogP contribution in [-0.2, 0) is 0 Å². The highest BCUT2D eigenvalue weighted by Gasteiger charge is 2.38. The average Bonchev–Trinajstić information content (AvgIpc) is 3.31. The van der Waals surface area contributed by atoms with E-state index in [1.165, 1.54) is 31.2 Å². The summed E-state index contributed by atoms with van der Waals surface area (Å²) in [5, 5.41) is 0. The molecule has 0 unspecified atom stereocenters. The van der Waals surface area contributed by atoms with Crippen molar-refractivity contribution >= 4 is 5.96 Å². The number of aliphatic imine (C=N–C) groups is 1. The largest absolute Gasteiger partial charge is 0.494 e. The van der Waals surface area contributed by atoms with Gasteiger partial charge in [0, 0.05) is 19.0 Å². The van der Waals surface area contributed by atoms with E-state index in [0.29, 0.717) is 18.6 Å². The summed E-state index contributed by atoms with van der Waals surface area (Å²) in [5.74, 6) is 2.22. The van der Waals surface area contributed by atoms with Gasteiger partial charge in [-0.2, -0.15) is 0 Å². The summed E-state index contributed by atoms with van der Waals surface area (Å²) in [7, 11) is 0. The molecule has 4 nitrogen and oxygen atoms in total. The lowest BCUT2D eigenvalue weighted by molar-refractivity contribution is 0.340. The Morgan fingerprint density at radius 3 is 2.50 bits per heavy atom. The first kappa shape index (κ1) is 15.2. The number of likely N-dealkylation sites (tertiary alicyclic amines) is 1. The van der Waals surface area contributed by atoms with Crippen LogP contribution in [0.25, 0.3) is 0 Å². The second-order valence-electron chi connectivity index (χ2n) is 6.30. The van der Waals surface area contributed by atoms with Crippen LogP contribution in [0.4, 0.5) is 0 Å². The Kier molecular flexibility index (Phi) is 4.86. The summed E-state index contributed by atoms with van der Waals surface area (Å²) in [6.07, 6.45) is 6.24. The maximum atomic E-state index is 6.22. The van der Waals surface area contributed by atoms with Crippen molar-refractivity contribution in [3.05, 3.63) is 29.8 Å².